The summed E-state index contributed by atoms with van der Waals surface area (Å²) in [7, 11) is 0. The fourth-order valence-electron chi connectivity index (χ4n) is 14.9. The second kappa shape index (κ2) is 28.7. The highest BCUT2D eigenvalue weighted by molar-refractivity contribution is 6.14. The lowest BCUT2D eigenvalue weighted by Gasteiger charge is -2.19. The van der Waals surface area contributed by atoms with E-state index in [2.05, 4.69) is 85.6 Å². The van der Waals surface area contributed by atoms with Gasteiger partial charge in [-0.2, -0.15) is 0 Å². The molecule has 0 unspecified atom stereocenters. The Kier molecular flexibility index (Phi) is 16.9. The molecule has 16 nitrogen and oxygen atoms in total. The maximum absolute atomic E-state index is 9.49. The lowest BCUT2D eigenvalue weighted by atomic mass is 10.00. The van der Waals surface area contributed by atoms with Crippen LogP contribution in [0, 0.1) is 13.1 Å². The molecule has 0 fully saturated rings. The molecular weight excluding hydrogens is 1400 g/mol. The third kappa shape index (κ3) is 12.5. The largest absolute Gasteiger partial charge is 0.319 e. The van der Waals surface area contributed by atoms with E-state index >= 15 is 0 Å². The van der Waals surface area contributed by atoms with Crippen LogP contribution in [0.3, 0.4) is 0 Å². The van der Waals surface area contributed by atoms with Crippen LogP contribution >= 0.6 is 0 Å². The van der Waals surface area contributed by atoms with Crippen molar-refractivity contribution in [2.75, 3.05) is 0 Å². The molecule has 20 rings (SSSR count). The van der Waals surface area contributed by atoms with Crippen molar-refractivity contribution in [2.45, 2.75) is 0 Å². The van der Waals surface area contributed by atoms with Crippen molar-refractivity contribution >= 4 is 55.0 Å². The van der Waals surface area contributed by atoms with E-state index in [1.165, 1.54) is 0 Å². The van der Waals surface area contributed by atoms with Crippen molar-refractivity contribution in [3.63, 3.8) is 0 Å². The van der Waals surface area contributed by atoms with Gasteiger partial charge in [0.2, 0.25) is 5.69 Å². The molecule has 0 spiro atoms. The van der Waals surface area contributed by atoms with Gasteiger partial charge in [-0.15, -0.1) is 0 Å². The van der Waals surface area contributed by atoms with E-state index in [1.54, 1.807) is 0 Å². The predicted octanol–water partition coefficient (Wildman–Crippen LogP) is 23.4. The Bertz CT molecular complexity index is 6620. The van der Waals surface area contributed by atoms with Crippen LogP contribution in [-0.4, -0.2) is 68.9 Å². The van der Waals surface area contributed by atoms with E-state index in [-0.39, 0.29) is 0 Å². The van der Waals surface area contributed by atoms with Crippen molar-refractivity contribution in [3.05, 3.63) is 375 Å². The average molecular weight is 1460 g/mol. The quantitative estimate of drug-likeness (QED) is 0.0890. The molecule has 0 radical (unpaired) electrons. The molecule has 0 bridgehead atoms. The summed E-state index contributed by atoms with van der Waals surface area (Å²) in [5.74, 6) is 6.12. The molecule has 0 N–H and O–H groups in total. The van der Waals surface area contributed by atoms with Crippen molar-refractivity contribution < 1.29 is 0 Å². The van der Waals surface area contributed by atoms with Crippen molar-refractivity contribution in [3.8, 4) is 159 Å². The van der Waals surface area contributed by atoms with Gasteiger partial charge in [0.15, 0.2) is 75.6 Å². The molecule has 0 aliphatic rings. The molecule has 0 atom stereocenters. The lowest BCUT2D eigenvalue weighted by molar-refractivity contribution is 1.07. The van der Waals surface area contributed by atoms with E-state index in [0.29, 0.717) is 92.6 Å². The summed E-state index contributed by atoms with van der Waals surface area (Å²) in [5, 5.41) is 3.39. The van der Waals surface area contributed by atoms with Crippen LogP contribution in [0.1, 0.15) is 0 Å². The van der Waals surface area contributed by atoms with Crippen molar-refractivity contribution in [2.24, 2.45) is 0 Å². The van der Waals surface area contributed by atoms with E-state index in [1.807, 2.05) is 285 Å². The molecule has 530 valence electrons. The zero-order valence-corrected chi connectivity index (χ0v) is 60.6. The third-order valence-electron chi connectivity index (χ3n) is 20.3. The molecular formula is C98H58N16. The smallest absolute Gasteiger partial charge is 0.212 e. The van der Waals surface area contributed by atoms with Gasteiger partial charge < -0.3 is 9.13 Å². The van der Waals surface area contributed by atoms with E-state index in [9.17, 15) is 6.57 Å². The first-order valence-electron chi connectivity index (χ1n) is 37.1. The molecule has 20 aromatic rings. The highest BCUT2D eigenvalue weighted by Gasteiger charge is 2.27. The van der Waals surface area contributed by atoms with Gasteiger partial charge >= 0.3 is 0 Å². The normalized spacial score (nSPS) is 11.3. The number of hydrogen-bond donors (Lipinski definition) is 0. The van der Waals surface area contributed by atoms with Crippen molar-refractivity contribution in [1.82, 2.24) is 68.9 Å². The van der Waals surface area contributed by atoms with Gasteiger partial charge in [0.1, 0.15) is 0 Å². The zero-order valence-electron chi connectivity index (χ0n) is 60.6. The van der Waals surface area contributed by atoms with Crippen LogP contribution in [0.2, 0.25) is 0 Å². The highest BCUT2D eigenvalue weighted by Crippen LogP contribution is 2.47. The van der Waals surface area contributed by atoms with E-state index < -0.39 is 0 Å². The average Bonchev–Trinajstić information content (AvgIpc) is 1.56. The predicted molar refractivity (Wildman–Crippen MR) is 452 cm³/mol. The number of nitrogens with zero attached hydrogens (tertiary/aromatic N) is 16. The standard InChI is InChI=1S/C98H58N16/c1-99-74-45-27-44-69(54-74)75-59-86(114-83-52-48-72(97-109-91(65-36-19-7-20-37-65)103-92(110-97)66-38-21-8-22-39-66)57-78(83)79-58-73(49-53-84(79)114)98-111-93(67-40-23-9-24-41-67)104-94(112-98)68-42-25-10-26-43-68)80(100-2)60-85(75)113-81-50-46-70(95-105-87(61-28-11-3-12-29-61)101-88(106-95)62-30-13-4-14-31-62)55-76(81)77-56-71(47-51-82(77)113)96-107-89(63-32-15-5-16-33-63)102-90(108-96)64-34-17-6-18-35-64/h3-60H. The highest BCUT2D eigenvalue weighted by atomic mass is 15.1. The number of benzene rings is 14. The maximum atomic E-state index is 9.49. The Balaban J connectivity index is 0.836. The fraction of sp³-hybridized carbons (Fsp3) is 0. The molecule has 114 heavy (non-hydrogen) atoms. The summed E-state index contributed by atoms with van der Waals surface area (Å²) in [6, 6.07) is 116. The molecule has 0 saturated heterocycles. The van der Waals surface area contributed by atoms with Crippen LogP contribution in [0.25, 0.3) is 212 Å². The van der Waals surface area contributed by atoms with Crippen LogP contribution in [-0.2, 0) is 0 Å². The Hall–Kier alpha value is -16.3. The topological polar surface area (TPSA) is 173 Å². The molecule has 6 heterocycles. The number of rotatable bonds is 15. The first-order chi connectivity index (χ1) is 56.4. The zero-order chi connectivity index (χ0) is 76.0. The van der Waals surface area contributed by atoms with Crippen molar-refractivity contribution in [1.29, 1.82) is 0 Å². The second-order valence-corrected chi connectivity index (χ2v) is 27.4. The monoisotopic (exact) mass is 1460 g/mol. The molecule has 0 amide bonds. The second-order valence-electron chi connectivity index (χ2n) is 27.4. The SMILES string of the molecule is [C-]#[N+]c1cccc(-c2cc(-n3c4ccc(-c5nc(-c6ccccc6)nc(-c6ccccc6)n5)cc4c4cc(-c5nc(-c6ccccc6)nc(-c6ccccc6)n5)ccc43)c([N+]#[C-])cc2-n2c3ccc(-c4nc(-c5ccccc5)nc(-c5ccccc5)n4)cc3c3cc(-c4nc(-c5ccccc5)nc(-c5ccccc5)n4)ccc32)c1. The van der Waals surface area contributed by atoms with Gasteiger partial charge in [-0.25, -0.2) is 69.5 Å². The first kappa shape index (κ1) is 67.1. The minimum Gasteiger partial charge on any atom is -0.319 e. The van der Waals surface area contributed by atoms with Crippen LogP contribution in [0.4, 0.5) is 11.4 Å². The van der Waals surface area contributed by atoms with Crippen LogP contribution < -0.4 is 0 Å². The van der Waals surface area contributed by atoms with E-state index in [0.717, 1.165) is 122 Å². The Morgan fingerprint density at radius 3 is 0.649 bits per heavy atom. The van der Waals surface area contributed by atoms with Gasteiger partial charge in [-0.1, -0.05) is 261 Å². The molecule has 0 saturated carbocycles. The number of fused-ring (bicyclic) bond motifs is 6. The molecule has 6 aromatic heterocycles. The summed E-state index contributed by atoms with van der Waals surface area (Å²) in [4.78, 5) is 70.6. The van der Waals surface area contributed by atoms with Gasteiger partial charge in [0.25, 0.3) is 0 Å². The summed E-state index contributed by atoms with van der Waals surface area (Å²) in [5.41, 5.74) is 16.5. The molecule has 16 heteroatoms. The lowest BCUT2D eigenvalue weighted by Crippen LogP contribution is -2.02. The maximum Gasteiger partial charge on any atom is 0.212 e. The summed E-state index contributed by atoms with van der Waals surface area (Å²) >= 11 is 0. The Morgan fingerprint density at radius 2 is 0.412 bits per heavy atom. The van der Waals surface area contributed by atoms with Crippen LogP contribution in [0.5, 0.6) is 0 Å². The Morgan fingerprint density at radius 1 is 0.184 bits per heavy atom. The van der Waals surface area contributed by atoms with Gasteiger partial charge in [0.05, 0.1) is 40.9 Å². The summed E-state index contributed by atoms with van der Waals surface area (Å²) in [6.07, 6.45) is 0. The molecule has 0 aliphatic carbocycles. The van der Waals surface area contributed by atoms with Crippen LogP contribution in [0.15, 0.2) is 352 Å². The fourth-order valence-corrected chi connectivity index (χ4v) is 14.9. The van der Waals surface area contributed by atoms with Gasteiger partial charge in [-0.05, 0) is 96.6 Å². The molecule has 14 aromatic carbocycles. The number of hydrogen-bond acceptors (Lipinski definition) is 12. The van der Waals surface area contributed by atoms with Gasteiger partial charge in [-0.3, -0.25) is 0 Å². The summed E-state index contributed by atoms with van der Waals surface area (Å²) < 4.78 is 4.39. The molecule has 0 aliphatic heterocycles. The third-order valence-corrected chi connectivity index (χ3v) is 20.3. The van der Waals surface area contributed by atoms with E-state index in [4.69, 9.17) is 66.4 Å². The first-order valence-corrected chi connectivity index (χ1v) is 37.1. The minimum absolute atomic E-state index is 0.347. The minimum atomic E-state index is 0.347. The van der Waals surface area contributed by atoms with Gasteiger partial charge in [0, 0.05) is 99.6 Å². The Labute approximate surface area is 653 Å². The summed E-state index contributed by atoms with van der Waals surface area (Å²) in [6.45, 7) is 17.9. The number of aromatic nitrogens is 14.